The molecule has 5 N–H and O–H groups in total. The van der Waals surface area contributed by atoms with Gasteiger partial charge in [0.25, 0.3) is 5.91 Å². The maximum Gasteiger partial charge on any atom is 0.251 e. The first-order valence-corrected chi connectivity index (χ1v) is 12.5. The Hall–Kier alpha value is -4.89. The van der Waals surface area contributed by atoms with Crippen molar-refractivity contribution >= 4 is 28.3 Å². The highest BCUT2D eigenvalue weighted by Crippen LogP contribution is 2.27. The number of nitrogens with two attached hydrogens (primary N) is 1. The molecule has 0 radical (unpaired) electrons. The smallest absolute Gasteiger partial charge is 0.251 e. The molecule has 0 saturated heterocycles. The van der Waals surface area contributed by atoms with Crippen LogP contribution in [0.15, 0.2) is 85.2 Å². The van der Waals surface area contributed by atoms with Gasteiger partial charge in [0.15, 0.2) is 5.82 Å². The van der Waals surface area contributed by atoms with Gasteiger partial charge < -0.3 is 21.4 Å². The lowest BCUT2D eigenvalue weighted by molar-refractivity contribution is -0.116. The summed E-state index contributed by atoms with van der Waals surface area (Å²) < 4.78 is 13.3. The number of anilines is 1. The molecule has 2 heterocycles. The number of pyridine rings is 1. The average molecular weight is 523 g/mol. The highest BCUT2D eigenvalue weighted by atomic mass is 19.1. The van der Waals surface area contributed by atoms with Crippen LogP contribution in [0.2, 0.25) is 0 Å². The van der Waals surface area contributed by atoms with Crippen molar-refractivity contribution in [2.45, 2.75) is 19.4 Å². The molecule has 0 aliphatic carbocycles. The second kappa shape index (κ2) is 11.2. The fraction of sp³-hybridized carbons (Fsp3) is 0.133. The third-order valence-electron chi connectivity index (χ3n) is 6.33. The van der Waals surface area contributed by atoms with Gasteiger partial charge in [0.2, 0.25) is 5.91 Å². The van der Waals surface area contributed by atoms with Gasteiger partial charge in [0.05, 0.1) is 17.9 Å². The zero-order valence-corrected chi connectivity index (χ0v) is 21.2. The highest BCUT2D eigenvalue weighted by Gasteiger charge is 2.16. The number of hydrogen-bond donors (Lipinski definition) is 4. The topological polar surface area (TPSA) is 126 Å². The molecule has 0 saturated carbocycles. The normalized spacial score (nSPS) is 11.8. The van der Waals surface area contributed by atoms with E-state index in [1.54, 1.807) is 42.7 Å². The van der Waals surface area contributed by atoms with Crippen molar-refractivity contribution in [3.05, 3.63) is 102 Å². The van der Waals surface area contributed by atoms with Crippen molar-refractivity contribution < 1.29 is 14.0 Å². The summed E-state index contributed by atoms with van der Waals surface area (Å²) in [6.45, 7) is 2.02. The molecule has 8 nitrogen and oxygen atoms in total. The second-order valence-electron chi connectivity index (χ2n) is 9.19. The van der Waals surface area contributed by atoms with Gasteiger partial charge in [-0.2, -0.15) is 0 Å². The zero-order valence-electron chi connectivity index (χ0n) is 21.2. The minimum Gasteiger partial charge on any atom is -0.346 e. The SMILES string of the molecule is C[C@@H](NC(=O)c1cc(NC(=O)CCN)cc(-c2cnc(-c3cc4ccccc4cn3)[nH]2)c1)c1ccc(F)cc1. The summed E-state index contributed by atoms with van der Waals surface area (Å²) in [5.41, 5.74) is 9.06. The number of carbonyl (C=O) groups is 2. The van der Waals surface area contributed by atoms with E-state index >= 15 is 0 Å². The van der Waals surface area contributed by atoms with Gasteiger partial charge in [-0.15, -0.1) is 0 Å². The average Bonchev–Trinajstić information content (AvgIpc) is 3.43. The van der Waals surface area contributed by atoms with Crippen LogP contribution in [0, 0.1) is 5.82 Å². The molecule has 0 fully saturated rings. The van der Waals surface area contributed by atoms with Gasteiger partial charge in [0, 0.05) is 41.4 Å². The van der Waals surface area contributed by atoms with Crippen LogP contribution >= 0.6 is 0 Å². The van der Waals surface area contributed by atoms with Gasteiger partial charge in [-0.3, -0.25) is 14.6 Å². The number of benzene rings is 3. The van der Waals surface area contributed by atoms with Crippen molar-refractivity contribution in [1.29, 1.82) is 0 Å². The first kappa shape index (κ1) is 25.7. The first-order chi connectivity index (χ1) is 18.9. The number of carbonyl (C=O) groups excluding carboxylic acids is 2. The minimum absolute atomic E-state index is 0.148. The number of aromatic nitrogens is 3. The number of fused-ring (bicyclic) bond motifs is 1. The van der Waals surface area contributed by atoms with Crippen molar-refractivity contribution in [3.63, 3.8) is 0 Å². The predicted octanol–water partition coefficient (Wildman–Crippen LogP) is 5.21. The Morgan fingerprint density at radius 3 is 2.51 bits per heavy atom. The predicted molar refractivity (Wildman–Crippen MR) is 149 cm³/mol. The summed E-state index contributed by atoms with van der Waals surface area (Å²) in [5.74, 6) is -0.379. The number of hydrogen-bond acceptors (Lipinski definition) is 5. The molecule has 0 bridgehead atoms. The maximum absolute atomic E-state index is 13.3. The van der Waals surface area contributed by atoms with E-state index in [9.17, 15) is 14.0 Å². The Balaban J connectivity index is 1.46. The Morgan fingerprint density at radius 2 is 1.74 bits per heavy atom. The van der Waals surface area contributed by atoms with Gasteiger partial charge in [-0.1, -0.05) is 36.4 Å². The summed E-state index contributed by atoms with van der Waals surface area (Å²) in [6, 6.07) is 20.6. The number of aromatic amines is 1. The molecule has 196 valence electrons. The number of H-pyrrole nitrogens is 1. The Bertz CT molecular complexity index is 1650. The number of rotatable bonds is 8. The van der Waals surface area contributed by atoms with Crippen molar-refractivity contribution in [2.75, 3.05) is 11.9 Å². The van der Waals surface area contributed by atoms with Crippen LogP contribution in [0.5, 0.6) is 0 Å². The lowest BCUT2D eigenvalue weighted by atomic mass is 10.0. The van der Waals surface area contributed by atoms with E-state index in [1.165, 1.54) is 12.1 Å². The van der Waals surface area contributed by atoms with E-state index < -0.39 is 0 Å². The monoisotopic (exact) mass is 522 g/mol. The van der Waals surface area contributed by atoms with Crippen molar-refractivity contribution in [1.82, 2.24) is 20.3 Å². The van der Waals surface area contributed by atoms with Crippen LogP contribution in [0.4, 0.5) is 10.1 Å². The molecule has 0 aliphatic rings. The molecular formula is C30H27FN6O2. The van der Waals surface area contributed by atoms with Crippen LogP contribution < -0.4 is 16.4 Å². The van der Waals surface area contributed by atoms with E-state index in [1.807, 2.05) is 37.3 Å². The Kier molecular flexibility index (Phi) is 7.42. The molecule has 3 aromatic carbocycles. The summed E-state index contributed by atoms with van der Waals surface area (Å²) in [5, 5.41) is 7.81. The summed E-state index contributed by atoms with van der Waals surface area (Å²) in [7, 11) is 0. The second-order valence-corrected chi connectivity index (χ2v) is 9.19. The summed E-state index contributed by atoms with van der Waals surface area (Å²) in [4.78, 5) is 37.8. The quantitative estimate of drug-likeness (QED) is 0.223. The fourth-order valence-corrected chi connectivity index (χ4v) is 4.27. The van der Waals surface area contributed by atoms with Crippen LogP contribution in [0.25, 0.3) is 33.5 Å². The maximum atomic E-state index is 13.3. The highest BCUT2D eigenvalue weighted by molar-refractivity contribution is 5.99. The molecule has 0 aliphatic heterocycles. The molecule has 1 atom stereocenters. The molecule has 5 aromatic rings. The third kappa shape index (κ3) is 6.00. The third-order valence-corrected chi connectivity index (χ3v) is 6.33. The minimum atomic E-state index is -0.366. The van der Waals surface area contributed by atoms with Crippen LogP contribution in [-0.2, 0) is 4.79 Å². The Labute approximate surface area is 224 Å². The Morgan fingerprint density at radius 1 is 0.974 bits per heavy atom. The molecule has 9 heteroatoms. The van der Waals surface area contributed by atoms with E-state index in [-0.39, 0.29) is 36.6 Å². The fourth-order valence-electron chi connectivity index (χ4n) is 4.27. The van der Waals surface area contributed by atoms with E-state index in [0.717, 1.165) is 16.3 Å². The van der Waals surface area contributed by atoms with Gasteiger partial charge in [-0.05, 0) is 54.3 Å². The van der Waals surface area contributed by atoms with E-state index in [2.05, 4.69) is 25.6 Å². The van der Waals surface area contributed by atoms with Crippen molar-refractivity contribution in [2.24, 2.45) is 5.73 Å². The number of nitrogens with one attached hydrogen (secondary N) is 3. The van der Waals surface area contributed by atoms with Crippen LogP contribution in [0.3, 0.4) is 0 Å². The van der Waals surface area contributed by atoms with Gasteiger partial charge in [-0.25, -0.2) is 9.37 Å². The molecule has 2 amide bonds. The largest absolute Gasteiger partial charge is 0.346 e. The lowest BCUT2D eigenvalue weighted by Gasteiger charge is -2.16. The van der Waals surface area contributed by atoms with Gasteiger partial charge >= 0.3 is 0 Å². The number of imidazole rings is 1. The number of amides is 2. The summed E-state index contributed by atoms with van der Waals surface area (Å²) in [6.07, 6.45) is 3.61. The first-order valence-electron chi connectivity index (χ1n) is 12.5. The molecule has 2 aromatic heterocycles. The molecule has 5 rings (SSSR count). The standard InChI is InChI=1S/C30H27FN6O2/c1-18(19-6-8-24(31)9-7-19)35-30(39)23-12-22(13-25(14-23)36-28(38)10-11-32)27-17-34-29(37-27)26-15-20-4-2-3-5-21(20)16-33-26/h2-9,12-18H,10-11,32H2,1H3,(H,34,37)(H,35,39)(H,36,38)/t18-/m1/s1. The molecule has 0 spiro atoms. The van der Waals surface area contributed by atoms with Crippen LogP contribution in [0.1, 0.15) is 35.3 Å². The zero-order chi connectivity index (χ0) is 27.4. The van der Waals surface area contributed by atoms with E-state index in [0.29, 0.717) is 34.0 Å². The summed E-state index contributed by atoms with van der Waals surface area (Å²) >= 11 is 0. The van der Waals surface area contributed by atoms with Gasteiger partial charge in [0.1, 0.15) is 11.5 Å². The lowest BCUT2D eigenvalue weighted by Crippen LogP contribution is -2.27. The number of nitrogens with zero attached hydrogens (tertiary/aromatic N) is 2. The van der Waals surface area contributed by atoms with Crippen molar-refractivity contribution in [3.8, 4) is 22.8 Å². The molecule has 0 unspecified atom stereocenters. The number of halogens is 1. The van der Waals surface area contributed by atoms with Crippen LogP contribution in [-0.4, -0.2) is 33.3 Å². The molecule has 39 heavy (non-hydrogen) atoms. The molecular weight excluding hydrogens is 495 g/mol. The van der Waals surface area contributed by atoms with E-state index in [4.69, 9.17) is 5.73 Å².